The van der Waals surface area contributed by atoms with Gasteiger partial charge in [0.15, 0.2) is 11.0 Å². The lowest BCUT2D eigenvalue weighted by Crippen LogP contribution is -2.44. The third kappa shape index (κ3) is 4.18. The first kappa shape index (κ1) is 19.1. The van der Waals surface area contributed by atoms with Gasteiger partial charge in [-0.15, -0.1) is 17.7 Å². The Kier molecular flexibility index (Phi) is 5.54. The standard InChI is InChI=1S/C19H30N6S/c1-6-7-11-25-15-13-23(5)18(26-19(2,3)4)22-16(15)21-17(25)24-10-8-9-14(20)12-24/h13-14,18H,8-12,20H2,1-5H3. The first-order valence-electron chi connectivity index (χ1n) is 9.24. The highest BCUT2D eigenvalue weighted by Gasteiger charge is 2.26. The molecule has 7 heteroatoms. The quantitative estimate of drug-likeness (QED) is 0.799. The van der Waals surface area contributed by atoms with Crippen LogP contribution >= 0.6 is 11.8 Å². The van der Waals surface area contributed by atoms with Crippen molar-refractivity contribution in [2.75, 3.05) is 25.0 Å². The van der Waals surface area contributed by atoms with Gasteiger partial charge in [-0.3, -0.25) is 4.57 Å². The zero-order valence-corrected chi connectivity index (χ0v) is 17.3. The second-order valence-corrected chi connectivity index (χ2v) is 9.84. The van der Waals surface area contributed by atoms with Gasteiger partial charge in [0.1, 0.15) is 5.35 Å². The van der Waals surface area contributed by atoms with Crippen LogP contribution in [0.25, 0.3) is 6.20 Å². The molecule has 0 aromatic carbocycles. The lowest BCUT2D eigenvalue weighted by atomic mass is 10.1. The zero-order valence-electron chi connectivity index (χ0n) is 16.5. The van der Waals surface area contributed by atoms with E-state index in [1.54, 1.807) is 0 Å². The largest absolute Gasteiger partial charge is 0.348 e. The monoisotopic (exact) mass is 374 g/mol. The maximum Gasteiger partial charge on any atom is 0.209 e. The van der Waals surface area contributed by atoms with E-state index in [0.29, 0.717) is 6.54 Å². The second kappa shape index (κ2) is 7.53. The van der Waals surface area contributed by atoms with Crippen LogP contribution in [0, 0.1) is 11.8 Å². The predicted molar refractivity (Wildman–Crippen MR) is 109 cm³/mol. The molecule has 6 nitrogen and oxygen atoms in total. The maximum atomic E-state index is 6.20. The summed E-state index contributed by atoms with van der Waals surface area (Å²) in [5, 5.41) is 1.04. The minimum Gasteiger partial charge on any atom is -0.348 e. The van der Waals surface area contributed by atoms with Gasteiger partial charge in [-0.25, -0.2) is 4.99 Å². The van der Waals surface area contributed by atoms with E-state index in [9.17, 15) is 0 Å². The average Bonchev–Trinajstić information content (AvgIpc) is 2.89. The van der Waals surface area contributed by atoms with Crippen molar-refractivity contribution in [3.8, 4) is 11.8 Å². The molecule has 2 N–H and O–H groups in total. The summed E-state index contributed by atoms with van der Waals surface area (Å²) in [6, 6.07) is 0.205. The molecule has 2 unspecified atom stereocenters. The Morgan fingerprint density at radius 1 is 1.38 bits per heavy atom. The SMILES string of the molecule is CC#CCn1c(N2CCCC(N)C2)nc2c1=CN(C)C(SC(C)(C)C)N=2. The van der Waals surface area contributed by atoms with Gasteiger partial charge in [0.05, 0.1) is 6.54 Å². The van der Waals surface area contributed by atoms with Crippen molar-refractivity contribution < 1.29 is 0 Å². The summed E-state index contributed by atoms with van der Waals surface area (Å²) in [6.07, 6.45) is 4.33. The minimum absolute atomic E-state index is 0.0413. The summed E-state index contributed by atoms with van der Waals surface area (Å²) in [4.78, 5) is 14.3. The smallest absolute Gasteiger partial charge is 0.209 e. The molecule has 1 saturated heterocycles. The van der Waals surface area contributed by atoms with Crippen molar-refractivity contribution in [2.24, 2.45) is 10.7 Å². The Bertz CT molecular complexity index is 825. The molecule has 0 bridgehead atoms. The number of hydrogen-bond acceptors (Lipinski definition) is 6. The van der Waals surface area contributed by atoms with E-state index in [-0.39, 0.29) is 16.3 Å². The number of thioether (sulfide) groups is 1. The first-order chi connectivity index (χ1) is 12.3. The normalized spacial score (nSPS) is 22.8. The fourth-order valence-corrected chi connectivity index (χ4v) is 4.30. The molecule has 2 aliphatic rings. The number of rotatable bonds is 3. The summed E-state index contributed by atoms with van der Waals surface area (Å²) in [6.45, 7) is 11.0. The Hall–Kier alpha value is -1.65. The predicted octanol–water partition coefficient (Wildman–Crippen LogP) is 0.952. The van der Waals surface area contributed by atoms with Crippen LogP contribution in [0.3, 0.4) is 0 Å². The molecule has 2 aliphatic heterocycles. The van der Waals surface area contributed by atoms with Gasteiger partial charge in [0.2, 0.25) is 5.95 Å². The van der Waals surface area contributed by atoms with Crippen molar-refractivity contribution >= 4 is 23.9 Å². The van der Waals surface area contributed by atoms with Crippen LogP contribution in [0.4, 0.5) is 5.95 Å². The molecule has 142 valence electrons. The molecule has 1 fully saturated rings. The summed E-state index contributed by atoms with van der Waals surface area (Å²) in [7, 11) is 2.08. The number of fused-ring (bicyclic) bond motifs is 1. The van der Waals surface area contributed by atoms with E-state index in [1.807, 2.05) is 18.7 Å². The Balaban J connectivity index is 2.05. The molecule has 0 aliphatic carbocycles. The van der Waals surface area contributed by atoms with Gasteiger partial charge in [-0.2, -0.15) is 4.98 Å². The van der Waals surface area contributed by atoms with E-state index in [1.165, 1.54) is 0 Å². The molecule has 0 amide bonds. The highest BCUT2D eigenvalue weighted by Crippen LogP contribution is 2.30. The number of aromatic nitrogens is 2. The lowest BCUT2D eigenvalue weighted by molar-refractivity contribution is 0.452. The molecular weight excluding hydrogens is 344 g/mol. The Morgan fingerprint density at radius 3 is 2.81 bits per heavy atom. The lowest BCUT2D eigenvalue weighted by Gasteiger charge is -2.31. The summed E-state index contributed by atoms with van der Waals surface area (Å²) in [5.74, 6) is 7.13. The van der Waals surface area contributed by atoms with Gasteiger partial charge in [0, 0.05) is 37.1 Å². The van der Waals surface area contributed by atoms with Crippen LogP contribution in [0.2, 0.25) is 0 Å². The van der Waals surface area contributed by atoms with Gasteiger partial charge < -0.3 is 15.5 Å². The molecular formula is C19H30N6S. The number of nitrogens with zero attached hydrogens (tertiary/aromatic N) is 5. The van der Waals surface area contributed by atoms with Crippen molar-refractivity contribution in [3.63, 3.8) is 0 Å². The number of nitrogens with two attached hydrogens (primary N) is 1. The van der Waals surface area contributed by atoms with E-state index in [2.05, 4.69) is 60.2 Å². The maximum absolute atomic E-state index is 6.20. The molecule has 26 heavy (non-hydrogen) atoms. The van der Waals surface area contributed by atoms with Crippen LogP contribution in [-0.4, -0.2) is 50.9 Å². The Morgan fingerprint density at radius 2 is 2.15 bits per heavy atom. The Labute approximate surface area is 160 Å². The fraction of sp³-hybridized carbons (Fsp3) is 0.684. The van der Waals surface area contributed by atoms with Crippen LogP contribution in [0.1, 0.15) is 40.5 Å². The van der Waals surface area contributed by atoms with Crippen LogP contribution < -0.4 is 21.5 Å². The van der Waals surface area contributed by atoms with Crippen molar-refractivity contribution in [1.29, 1.82) is 0 Å². The first-order valence-corrected chi connectivity index (χ1v) is 10.1. The molecule has 3 heterocycles. The molecule has 0 spiro atoms. The number of hydrogen-bond donors (Lipinski definition) is 1. The minimum atomic E-state index is 0.0413. The van der Waals surface area contributed by atoms with Gasteiger partial charge >= 0.3 is 0 Å². The molecule has 0 saturated carbocycles. The van der Waals surface area contributed by atoms with E-state index >= 15 is 0 Å². The van der Waals surface area contributed by atoms with Crippen molar-refractivity contribution in [3.05, 3.63) is 10.8 Å². The average molecular weight is 375 g/mol. The van der Waals surface area contributed by atoms with Gasteiger partial charge in [-0.1, -0.05) is 26.7 Å². The zero-order chi connectivity index (χ0) is 18.9. The topological polar surface area (TPSA) is 62.7 Å². The van der Waals surface area contributed by atoms with E-state index in [4.69, 9.17) is 15.7 Å². The van der Waals surface area contributed by atoms with Crippen LogP contribution in [-0.2, 0) is 6.54 Å². The van der Waals surface area contributed by atoms with Crippen molar-refractivity contribution in [1.82, 2.24) is 14.5 Å². The molecule has 1 aromatic heterocycles. The summed E-state index contributed by atoms with van der Waals surface area (Å²) < 4.78 is 2.31. The fourth-order valence-electron chi connectivity index (χ4n) is 3.29. The summed E-state index contributed by atoms with van der Waals surface area (Å²) >= 11 is 1.84. The molecule has 3 rings (SSSR count). The number of piperidine rings is 1. The van der Waals surface area contributed by atoms with Crippen LogP contribution in [0.15, 0.2) is 4.99 Å². The highest BCUT2D eigenvalue weighted by molar-refractivity contribution is 8.01. The third-order valence-corrected chi connectivity index (χ3v) is 5.84. The van der Waals surface area contributed by atoms with Gasteiger partial charge in [-0.05, 0) is 19.8 Å². The molecule has 2 atom stereocenters. The van der Waals surface area contributed by atoms with Gasteiger partial charge in [0.25, 0.3) is 0 Å². The second-order valence-electron chi connectivity index (χ2n) is 7.96. The third-order valence-electron chi connectivity index (χ3n) is 4.49. The van der Waals surface area contributed by atoms with E-state index < -0.39 is 0 Å². The van der Waals surface area contributed by atoms with Crippen LogP contribution in [0.5, 0.6) is 0 Å². The number of anilines is 1. The molecule has 1 aromatic rings. The summed E-state index contributed by atoms with van der Waals surface area (Å²) in [5.41, 5.74) is 7.06. The highest BCUT2D eigenvalue weighted by atomic mass is 32.2. The van der Waals surface area contributed by atoms with Crippen molar-refractivity contribution in [2.45, 2.75) is 63.4 Å². The molecule has 0 radical (unpaired) electrons. The number of imidazole rings is 1. The van der Waals surface area contributed by atoms with E-state index in [0.717, 1.165) is 42.7 Å².